The fourth-order valence-corrected chi connectivity index (χ4v) is 5.10. The van der Waals surface area contributed by atoms with Crippen LogP contribution in [0.25, 0.3) is 0 Å². The van der Waals surface area contributed by atoms with Crippen LogP contribution in [-0.4, -0.2) is 54.1 Å². The fraction of sp³-hybridized carbons (Fsp3) is 0.840. The Morgan fingerprint density at radius 1 is 1.08 bits per heavy atom. The van der Waals surface area contributed by atoms with Crippen LogP contribution in [0.5, 0.6) is 0 Å². The summed E-state index contributed by atoms with van der Waals surface area (Å²) in [5, 5.41) is 20.3. The molecule has 2 aliphatic carbocycles. The number of amides is 3. The molecule has 3 fully saturated rings. The molecule has 0 aromatic heterocycles. The molecule has 4 N–H and O–H groups in total. The van der Waals surface area contributed by atoms with E-state index in [1.165, 1.54) is 0 Å². The number of nitrogens with one attached hydrogen (secondary N) is 4. The number of nitrogens with zero attached hydrogens (tertiary/aromatic N) is 1. The Hall–Kier alpha value is -2.35. The monoisotopic (exact) mass is 513 g/mol. The molecule has 1 spiro atoms. The van der Waals surface area contributed by atoms with Crippen molar-refractivity contribution in [1.82, 2.24) is 21.3 Å². The van der Waals surface area contributed by atoms with Crippen molar-refractivity contribution in [3.05, 3.63) is 0 Å². The molecular weight excluding hydrogens is 475 g/mol. The molecule has 3 rings (SSSR count). The zero-order valence-electron chi connectivity index (χ0n) is 21.3. The van der Waals surface area contributed by atoms with Crippen LogP contribution in [-0.2, 0) is 14.4 Å². The Kier molecular flexibility index (Phi) is 8.59. The molecule has 36 heavy (non-hydrogen) atoms. The Balaban J connectivity index is 1.61. The van der Waals surface area contributed by atoms with Crippen molar-refractivity contribution in [2.24, 2.45) is 17.3 Å². The predicted molar refractivity (Wildman–Crippen MR) is 126 cm³/mol. The van der Waals surface area contributed by atoms with Crippen LogP contribution in [0.2, 0.25) is 0 Å². The Morgan fingerprint density at radius 3 is 2.22 bits per heavy atom. The molecule has 2 saturated carbocycles. The quantitative estimate of drug-likeness (QED) is 0.358. The fourth-order valence-electron chi connectivity index (χ4n) is 5.10. The standard InChI is InChI=1S/C25H38F3N5O3/c1-23(2,3)19(30-14-25(26,27)28)22(36)32-18(11-15-5-6-15)21(35)31-17(13-29)12-16-7-10-24(8-4-9-24)33-20(16)34/h15-19,30H,4-12,14H2,1-3H3,(H,31,35)(H,32,36)(H,33,34). The highest BCUT2D eigenvalue weighted by Crippen LogP contribution is 2.40. The highest BCUT2D eigenvalue weighted by molar-refractivity contribution is 5.90. The van der Waals surface area contributed by atoms with Gasteiger partial charge in [-0.2, -0.15) is 18.4 Å². The average Bonchev–Trinajstić information content (AvgIpc) is 3.55. The average molecular weight is 514 g/mol. The van der Waals surface area contributed by atoms with E-state index in [4.69, 9.17) is 0 Å². The van der Waals surface area contributed by atoms with Gasteiger partial charge in [0.15, 0.2) is 0 Å². The summed E-state index contributed by atoms with van der Waals surface area (Å²) in [5.41, 5.74) is -0.931. The molecule has 4 unspecified atom stereocenters. The summed E-state index contributed by atoms with van der Waals surface area (Å²) < 4.78 is 38.4. The molecule has 3 aliphatic rings. The third-order valence-corrected chi connectivity index (χ3v) is 7.57. The first-order valence-corrected chi connectivity index (χ1v) is 12.8. The van der Waals surface area contributed by atoms with Gasteiger partial charge in [-0.15, -0.1) is 0 Å². The number of carbonyl (C=O) groups excluding carboxylic acids is 3. The van der Waals surface area contributed by atoms with Crippen LogP contribution in [0.1, 0.15) is 78.6 Å². The van der Waals surface area contributed by atoms with E-state index in [-0.39, 0.29) is 29.7 Å². The first-order chi connectivity index (χ1) is 16.7. The molecule has 1 heterocycles. The first-order valence-electron chi connectivity index (χ1n) is 12.8. The van der Waals surface area contributed by atoms with Crippen LogP contribution in [0.15, 0.2) is 0 Å². The van der Waals surface area contributed by atoms with Crippen molar-refractivity contribution in [2.75, 3.05) is 6.54 Å². The zero-order chi connectivity index (χ0) is 26.7. The highest BCUT2D eigenvalue weighted by Gasteiger charge is 2.44. The molecular formula is C25H38F3N5O3. The second kappa shape index (κ2) is 11.0. The molecule has 0 aromatic rings. The number of hydrogen-bond acceptors (Lipinski definition) is 5. The van der Waals surface area contributed by atoms with Gasteiger partial charge in [0.25, 0.3) is 0 Å². The van der Waals surface area contributed by atoms with Crippen molar-refractivity contribution in [2.45, 2.75) is 108 Å². The van der Waals surface area contributed by atoms with Crippen LogP contribution in [0.4, 0.5) is 13.2 Å². The number of nitriles is 1. The number of halogens is 3. The Labute approximate surface area is 210 Å². The normalized spacial score (nSPS) is 24.0. The Bertz CT molecular complexity index is 872. The van der Waals surface area contributed by atoms with E-state index in [1.807, 2.05) is 6.07 Å². The van der Waals surface area contributed by atoms with Gasteiger partial charge in [0.05, 0.1) is 18.7 Å². The molecule has 0 radical (unpaired) electrons. The lowest BCUT2D eigenvalue weighted by Crippen LogP contribution is -2.59. The highest BCUT2D eigenvalue weighted by atomic mass is 19.4. The number of piperidine rings is 1. The lowest BCUT2D eigenvalue weighted by Gasteiger charge is -2.47. The maximum absolute atomic E-state index is 13.1. The van der Waals surface area contributed by atoms with E-state index in [9.17, 15) is 32.8 Å². The molecule has 0 bridgehead atoms. The van der Waals surface area contributed by atoms with Crippen molar-refractivity contribution < 1.29 is 27.6 Å². The smallest absolute Gasteiger partial charge is 0.350 e. The van der Waals surface area contributed by atoms with E-state index >= 15 is 0 Å². The second-order valence-corrected chi connectivity index (χ2v) is 11.8. The summed E-state index contributed by atoms with van der Waals surface area (Å²) >= 11 is 0. The first kappa shape index (κ1) is 28.2. The molecule has 1 aliphatic heterocycles. The van der Waals surface area contributed by atoms with Gasteiger partial charge in [0.2, 0.25) is 17.7 Å². The minimum absolute atomic E-state index is 0.0949. The van der Waals surface area contributed by atoms with Gasteiger partial charge in [0, 0.05) is 11.5 Å². The molecule has 4 atom stereocenters. The minimum atomic E-state index is -4.49. The van der Waals surface area contributed by atoms with Crippen molar-refractivity contribution in [1.29, 1.82) is 5.26 Å². The molecule has 0 aromatic carbocycles. The molecule has 1 saturated heterocycles. The van der Waals surface area contributed by atoms with Crippen LogP contribution in [0, 0.1) is 28.6 Å². The topological polar surface area (TPSA) is 123 Å². The van der Waals surface area contributed by atoms with Crippen LogP contribution < -0.4 is 21.3 Å². The summed E-state index contributed by atoms with van der Waals surface area (Å²) in [5.74, 6) is -1.49. The van der Waals surface area contributed by atoms with Crippen molar-refractivity contribution in [3.63, 3.8) is 0 Å². The third kappa shape index (κ3) is 7.82. The summed E-state index contributed by atoms with van der Waals surface area (Å²) in [6.07, 6.45) is 2.38. The molecule has 3 amide bonds. The molecule has 202 valence electrons. The maximum Gasteiger partial charge on any atom is 0.401 e. The number of alkyl halides is 3. The second-order valence-electron chi connectivity index (χ2n) is 11.8. The summed E-state index contributed by atoms with van der Waals surface area (Å²) in [4.78, 5) is 38.7. The lowest BCUT2D eigenvalue weighted by molar-refractivity contribution is -0.137. The van der Waals surface area contributed by atoms with E-state index in [2.05, 4.69) is 21.3 Å². The summed E-state index contributed by atoms with van der Waals surface area (Å²) in [7, 11) is 0. The summed E-state index contributed by atoms with van der Waals surface area (Å²) in [6, 6.07) is -1.02. The van der Waals surface area contributed by atoms with Gasteiger partial charge < -0.3 is 16.0 Å². The SMILES string of the molecule is CC(C)(C)C(NCC(F)(F)F)C(=O)NC(CC1CC1)C(=O)NC(C#N)CC1CCC2(CCC2)NC1=O. The number of hydrogen-bond donors (Lipinski definition) is 4. The van der Waals surface area contributed by atoms with Gasteiger partial charge in [-0.25, -0.2) is 0 Å². The van der Waals surface area contributed by atoms with Gasteiger partial charge >= 0.3 is 6.18 Å². The molecule has 8 nitrogen and oxygen atoms in total. The van der Waals surface area contributed by atoms with Gasteiger partial charge in [-0.05, 0) is 56.3 Å². The third-order valence-electron chi connectivity index (χ3n) is 7.57. The van der Waals surface area contributed by atoms with E-state index in [0.717, 1.165) is 38.5 Å². The van der Waals surface area contributed by atoms with Gasteiger partial charge in [0.1, 0.15) is 12.1 Å². The van der Waals surface area contributed by atoms with Gasteiger partial charge in [-0.3, -0.25) is 19.7 Å². The largest absolute Gasteiger partial charge is 0.401 e. The minimum Gasteiger partial charge on any atom is -0.350 e. The van der Waals surface area contributed by atoms with E-state index < -0.39 is 48.1 Å². The molecule has 11 heteroatoms. The number of rotatable bonds is 10. The maximum atomic E-state index is 13.1. The predicted octanol–water partition coefficient (Wildman–Crippen LogP) is 2.69. The van der Waals surface area contributed by atoms with E-state index in [0.29, 0.717) is 12.8 Å². The Morgan fingerprint density at radius 2 is 1.75 bits per heavy atom. The summed E-state index contributed by atoms with van der Waals surface area (Å²) in [6.45, 7) is 3.60. The lowest BCUT2D eigenvalue weighted by atomic mass is 9.69. The van der Waals surface area contributed by atoms with Crippen molar-refractivity contribution in [3.8, 4) is 6.07 Å². The van der Waals surface area contributed by atoms with Crippen LogP contribution in [0.3, 0.4) is 0 Å². The zero-order valence-corrected chi connectivity index (χ0v) is 21.3. The van der Waals surface area contributed by atoms with Crippen molar-refractivity contribution >= 4 is 17.7 Å². The van der Waals surface area contributed by atoms with Gasteiger partial charge in [-0.1, -0.05) is 33.6 Å². The number of carbonyl (C=O) groups is 3. The van der Waals surface area contributed by atoms with Crippen LogP contribution >= 0.6 is 0 Å². The van der Waals surface area contributed by atoms with E-state index in [1.54, 1.807) is 20.8 Å².